The highest BCUT2D eigenvalue weighted by molar-refractivity contribution is 7.92. The predicted octanol–water partition coefficient (Wildman–Crippen LogP) is 3.10. The topological polar surface area (TPSA) is 118 Å². The first-order valence-corrected chi connectivity index (χ1v) is 9.32. The van der Waals surface area contributed by atoms with E-state index in [9.17, 15) is 27.7 Å². The number of carbonyl (C=O) groups is 1. The first-order chi connectivity index (χ1) is 12.6. The molecule has 0 fully saturated rings. The number of hydrogen-bond donors (Lipinski definition) is 1. The third-order valence-electron chi connectivity index (χ3n) is 3.81. The number of nitro groups is 1. The van der Waals surface area contributed by atoms with Gasteiger partial charge >= 0.3 is 5.97 Å². The van der Waals surface area contributed by atoms with Gasteiger partial charge < -0.3 is 5.11 Å². The fourth-order valence-corrected chi connectivity index (χ4v) is 4.08. The summed E-state index contributed by atoms with van der Waals surface area (Å²) in [6.07, 6.45) is -0.215. The lowest BCUT2D eigenvalue weighted by atomic mass is 10.1. The summed E-state index contributed by atoms with van der Waals surface area (Å²) in [5.41, 5.74) is 0.335. The number of hydrogen-bond acceptors (Lipinski definition) is 5. The van der Waals surface area contributed by atoms with Crippen LogP contribution in [0.25, 0.3) is 0 Å². The minimum Gasteiger partial charge on any atom is -0.481 e. The molecule has 0 bridgehead atoms. The molecule has 0 amide bonds. The van der Waals surface area contributed by atoms with Gasteiger partial charge in [0.15, 0.2) is 0 Å². The van der Waals surface area contributed by atoms with Crippen molar-refractivity contribution in [2.45, 2.75) is 24.7 Å². The molecule has 2 rings (SSSR count). The van der Waals surface area contributed by atoms with Gasteiger partial charge in [-0.15, -0.1) is 0 Å². The Hall–Kier alpha value is -3.01. The first kappa shape index (κ1) is 20.3. The average Bonchev–Trinajstić information content (AvgIpc) is 2.59. The maximum Gasteiger partial charge on any atom is 0.303 e. The zero-order valence-corrected chi connectivity index (χ0v) is 15.1. The van der Waals surface area contributed by atoms with Crippen LogP contribution in [0.2, 0.25) is 0 Å². The second-order valence-corrected chi connectivity index (χ2v) is 7.62. The van der Waals surface area contributed by atoms with Gasteiger partial charge in [-0.1, -0.05) is 0 Å². The number of aliphatic carboxylic acids is 1. The quantitative estimate of drug-likeness (QED) is 0.541. The Kier molecular flexibility index (Phi) is 6.11. The van der Waals surface area contributed by atoms with E-state index in [1.165, 1.54) is 25.1 Å². The summed E-state index contributed by atoms with van der Waals surface area (Å²) in [4.78, 5) is 20.9. The van der Waals surface area contributed by atoms with Gasteiger partial charge in [0.05, 0.1) is 15.5 Å². The molecule has 0 aliphatic carbocycles. The highest BCUT2D eigenvalue weighted by atomic mass is 32.2. The summed E-state index contributed by atoms with van der Waals surface area (Å²) in [6, 6.07) is 7.93. The molecule has 1 N–H and O–H groups in total. The van der Waals surface area contributed by atoms with Crippen molar-refractivity contribution in [2.75, 3.05) is 10.8 Å². The van der Waals surface area contributed by atoms with Crippen LogP contribution in [0.3, 0.4) is 0 Å². The Morgan fingerprint density at radius 1 is 1.22 bits per heavy atom. The predicted molar refractivity (Wildman–Crippen MR) is 95.6 cm³/mol. The molecule has 0 aromatic heterocycles. The van der Waals surface area contributed by atoms with Gasteiger partial charge in [0.2, 0.25) is 0 Å². The van der Waals surface area contributed by atoms with Crippen molar-refractivity contribution < 1.29 is 27.6 Å². The minimum absolute atomic E-state index is 0.0339. The second-order valence-electron chi connectivity index (χ2n) is 5.76. The van der Waals surface area contributed by atoms with E-state index in [-0.39, 0.29) is 35.7 Å². The molecule has 8 nitrogen and oxygen atoms in total. The van der Waals surface area contributed by atoms with Crippen molar-refractivity contribution in [2.24, 2.45) is 0 Å². The summed E-state index contributed by atoms with van der Waals surface area (Å²) in [6.45, 7) is 1.37. The Morgan fingerprint density at radius 3 is 2.37 bits per heavy atom. The van der Waals surface area contributed by atoms with Crippen LogP contribution in [0.15, 0.2) is 47.4 Å². The van der Waals surface area contributed by atoms with E-state index < -0.39 is 26.7 Å². The van der Waals surface area contributed by atoms with Gasteiger partial charge in [-0.25, -0.2) is 12.8 Å². The largest absolute Gasteiger partial charge is 0.481 e. The number of carboxylic acid groups (broad SMARTS) is 1. The molecular weight excluding hydrogens is 379 g/mol. The van der Waals surface area contributed by atoms with Gasteiger partial charge in [-0.2, -0.15) is 0 Å². The number of carboxylic acids is 1. The van der Waals surface area contributed by atoms with Crippen molar-refractivity contribution in [1.29, 1.82) is 0 Å². The second kappa shape index (κ2) is 8.12. The molecule has 0 spiro atoms. The molecule has 0 radical (unpaired) electrons. The summed E-state index contributed by atoms with van der Waals surface area (Å²) in [5, 5.41) is 19.7. The highest BCUT2D eigenvalue weighted by Crippen LogP contribution is 2.30. The Morgan fingerprint density at radius 2 is 1.85 bits per heavy atom. The van der Waals surface area contributed by atoms with Gasteiger partial charge in [-0.3, -0.25) is 19.2 Å². The zero-order chi connectivity index (χ0) is 20.2. The maximum atomic E-state index is 13.1. The standard InChI is InChI=1S/C17H17FN2O6S/c1-12-11-14(20(23)24)6-9-16(12)19(10-2-3-17(21)22)27(25,26)15-7-4-13(18)5-8-15/h4-9,11H,2-3,10H2,1H3,(H,21,22). The SMILES string of the molecule is Cc1cc([N+](=O)[O-])ccc1N(CCCC(=O)O)S(=O)(=O)c1ccc(F)cc1. The molecule has 0 aliphatic heterocycles. The van der Waals surface area contributed by atoms with Crippen molar-refractivity contribution in [3.8, 4) is 0 Å². The van der Waals surface area contributed by atoms with E-state index in [0.29, 0.717) is 5.56 Å². The smallest absolute Gasteiger partial charge is 0.303 e. The Balaban J connectivity index is 2.49. The first-order valence-electron chi connectivity index (χ1n) is 7.88. The van der Waals surface area contributed by atoms with E-state index in [4.69, 9.17) is 5.11 Å². The molecule has 2 aromatic rings. The molecule has 0 saturated heterocycles. The number of benzene rings is 2. The summed E-state index contributed by atoms with van der Waals surface area (Å²) >= 11 is 0. The lowest BCUT2D eigenvalue weighted by Gasteiger charge is -2.26. The molecule has 27 heavy (non-hydrogen) atoms. The van der Waals surface area contributed by atoms with E-state index in [0.717, 1.165) is 28.6 Å². The van der Waals surface area contributed by atoms with Gasteiger partial charge in [0, 0.05) is 25.1 Å². The minimum atomic E-state index is -4.12. The number of nitrogens with zero attached hydrogens (tertiary/aromatic N) is 2. The summed E-state index contributed by atoms with van der Waals surface area (Å²) in [5.74, 6) is -1.67. The lowest BCUT2D eigenvalue weighted by molar-refractivity contribution is -0.384. The number of rotatable bonds is 8. The summed E-state index contributed by atoms with van der Waals surface area (Å²) in [7, 11) is -4.12. The van der Waals surface area contributed by atoms with Gasteiger partial charge in [0.1, 0.15) is 5.82 Å². The molecule has 0 atom stereocenters. The molecule has 2 aromatic carbocycles. The number of nitro benzene ring substituents is 1. The van der Waals surface area contributed by atoms with Gasteiger partial charge in [-0.05, 0) is 49.2 Å². The third kappa shape index (κ3) is 4.79. The van der Waals surface area contributed by atoms with Crippen molar-refractivity contribution in [3.63, 3.8) is 0 Å². The van der Waals surface area contributed by atoms with E-state index in [1.807, 2.05) is 0 Å². The van der Waals surface area contributed by atoms with Crippen LogP contribution in [0.1, 0.15) is 18.4 Å². The molecule has 10 heteroatoms. The molecule has 144 valence electrons. The van der Waals surface area contributed by atoms with Crippen molar-refractivity contribution in [3.05, 3.63) is 64.0 Å². The van der Waals surface area contributed by atoms with E-state index in [1.54, 1.807) is 0 Å². The molecule has 0 heterocycles. The number of non-ortho nitro benzene ring substituents is 1. The Bertz CT molecular complexity index is 960. The zero-order valence-electron chi connectivity index (χ0n) is 14.3. The van der Waals surface area contributed by atoms with Crippen LogP contribution in [-0.2, 0) is 14.8 Å². The molecule has 0 unspecified atom stereocenters. The fraction of sp³-hybridized carbons (Fsp3) is 0.235. The summed E-state index contributed by atoms with van der Waals surface area (Å²) < 4.78 is 40.2. The number of anilines is 1. The average molecular weight is 396 g/mol. The molecular formula is C17H17FN2O6S. The van der Waals surface area contributed by atoms with Crippen molar-refractivity contribution in [1.82, 2.24) is 0 Å². The maximum absolute atomic E-state index is 13.1. The van der Waals surface area contributed by atoms with Gasteiger partial charge in [0.25, 0.3) is 15.7 Å². The monoisotopic (exact) mass is 396 g/mol. The van der Waals surface area contributed by atoms with Crippen LogP contribution >= 0.6 is 0 Å². The van der Waals surface area contributed by atoms with E-state index in [2.05, 4.69) is 0 Å². The third-order valence-corrected chi connectivity index (χ3v) is 5.64. The number of sulfonamides is 1. The normalized spacial score (nSPS) is 11.2. The Labute approximate surface area is 155 Å². The number of aryl methyl sites for hydroxylation is 1. The number of halogens is 1. The highest BCUT2D eigenvalue weighted by Gasteiger charge is 2.27. The van der Waals surface area contributed by atoms with Crippen LogP contribution < -0.4 is 4.31 Å². The fourth-order valence-electron chi connectivity index (χ4n) is 2.51. The van der Waals surface area contributed by atoms with E-state index >= 15 is 0 Å². The molecule has 0 saturated carbocycles. The molecule has 0 aliphatic rings. The van der Waals surface area contributed by atoms with Crippen LogP contribution in [-0.4, -0.2) is 31.0 Å². The lowest BCUT2D eigenvalue weighted by Crippen LogP contribution is -2.33. The van der Waals surface area contributed by atoms with Crippen LogP contribution in [0.4, 0.5) is 15.8 Å². The van der Waals surface area contributed by atoms with Crippen LogP contribution in [0.5, 0.6) is 0 Å². The van der Waals surface area contributed by atoms with Crippen molar-refractivity contribution >= 4 is 27.4 Å². The van der Waals surface area contributed by atoms with Crippen LogP contribution in [0, 0.1) is 22.9 Å².